The molecule has 1 aromatic heterocycles. The van der Waals surface area contributed by atoms with Crippen molar-refractivity contribution in [2.45, 2.75) is 6.92 Å². The van der Waals surface area contributed by atoms with E-state index in [1.54, 1.807) is 51.5 Å². The molecule has 0 saturated carbocycles. The largest absolute Gasteiger partial charge is 0.493 e. The number of aromatic nitrogens is 1. The number of amides is 1. The first-order valence-corrected chi connectivity index (χ1v) is 9.56. The Balaban J connectivity index is 1.65. The lowest BCUT2D eigenvalue weighted by molar-refractivity contribution is -0.122. The Kier molecular flexibility index (Phi) is 6.68. The van der Waals surface area contributed by atoms with Crippen LogP contribution in [0.25, 0.3) is 10.9 Å². The van der Waals surface area contributed by atoms with E-state index in [2.05, 4.69) is 36.3 Å². The van der Waals surface area contributed by atoms with Gasteiger partial charge in [-0.1, -0.05) is 21.1 Å². The Labute approximate surface area is 180 Å². The van der Waals surface area contributed by atoms with Crippen LogP contribution in [0.5, 0.6) is 17.4 Å². The van der Waals surface area contributed by atoms with Gasteiger partial charge >= 0.3 is 5.91 Å². The van der Waals surface area contributed by atoms with Crippen molar-refractivity contribution >= 4 is 44.1 Å². The number of oxime groups is 1. The zero-order chi connectivity index (χ0) is 21.7. The lowest BCUT2D eigenvalue weighted by Crippen LogP contribution is -2.04. The van der Waals surface area contributed by atoms with Crippen molar-refractivity contribution in [3.63, 3.8) is 0 Å². The van der Waals surface area contributed by atoms with Gasteiger partial charge in [0.05, 0.1) is 25.4 Å². The van der Waals surface area contributed by atoms with E-state index < -0.39 is 12.5 Å². The van der Waals surface area contributed by atoms with Crippen molar-refractivity contribution < 1.29 is 24.2 Å². The molecule has 0 fully saturated rings. The Hall–Kier alpha value is -3.40. The maximum Gasteiger partial charge on any atom is 0.304 e. The van der Waals surface area contributed by atoms with Gasteiger partial charge in [0, 0.05) is 15.4 Å². The molecule has 0 radical (unpaired) electrons. The summed E-state index contributed by atoms with van der Waals surface area (Å²) >= 11 is 3.36. The van der Waals surface area contributed by atoms with E-state index in [-0.39, 0.29) is 11.6 Å². The van der Waals surface area contributed by atoms with Gasteiger partial charge in [0.2, 0.25) is 5.88 Å². The van der Waals surface area contributed by atoms with Gasteiger partial charge < -0.3 is 24.4 Å². The number of benzene rings is 2. The van der Waals surface area contributed by atoms with Gasteiger partial charge in [0.15, 0.2) is 23.8 Å². The number of aromatic amines is 1. The third-order valence-corrected chi connectivity index (χ3v) is 4.66. The molecule has 1 heterocycles. The Morgan fingerprint density at radius 1 is 1.13 bits per heavy atom. The molecule has 10 heteroatoms. The number of hydrogen-bond acceptors (Lipinski definition) is 7. The first-order valence-electron chi connectivity index (χ1n) is 8.76. The average Bonchev–Trinajstić information content (AvgIpc) is 3.05. The fourth-order valence-electron chi connectivity index (χ4n) is 2.67. The Bertz CT molecular complexity index is 1140. The summed E-state index contributed by atoms with van der Waals surface area (Å²) in [6.07, 6.45) is 0. The van der Waals surface area contributed by atoms with Crippen LogP contribution in [0.4, 0.5) is 5.69 Å². The fraction of sp³-hybridized carbons (Fsp3) is 0.200. The van der Waals surface area contributed by atoms with Crippen LogP contribution in [0.3, 0.4) is 0 Å². The van der Waals surface area contributed by atoms with Crippen LogP contribution in [0.2, 0.25) is 0 Å². The van der Waals surface area contributed by atoms with Crippen molar-refractivity contribution in [2.24, 2.45) is 15.4 Å². The summed E-state index contributed by atoms with van der Waals surface area (Å²) in [4.78, 5) is 19.8. The number of nitrogens with one attached hydrogen (secondary N) is 1. The number of nitrogens with zero attached hydrogens (tertiary/aromatic N) is 3. The summed E-state index contributed by atoms with van der Waals surface area (Å²) in [5, 5.41) is 22.0. The number of carbonyl (C=O) groups is 1. The number of ether oxygens (including phenoxy) is 2. The molecule has 0 aliphatic rings. The minimum atomic E-state index is -0.650. The van der Waals surface area contributed by atoms with Crippen LogP contribution >= 0.6 is 15.9 Å². The molecule has 3 rings (SSSR count). The third-order valence-electron chi connectivity index (χ3n) is 4.17. The van der Waals surface area contributed by atoms with Gasteiger partial charge in [-0.25, -0.2) is 0 Å². The maximum atomic E-state index is 12.0. The monoisotopic (exact) mass is 474 g/mol. The van der Waals surface area contributed by atoms with E-state index in [0.29, 0.717) is 28.1 Å². The SMILES string of the molecule is COc1ccc(/C(C)=N\OCC(=O)N=Nc2c(O)[nH]c3ccc(Br)cc23)cc1OC. The predicted octanol–water partition coefficient (Wildman–Crippen LogP) is 4.70. The molecule has 0 aliphatic heterocycles. The smallest absolute Gasteiger partial charge is 0.304 e. The van der Waals surface area contributed by atoms with Crippen molar-refractivity contribution in [2.75, 3.05) is 20.8 Å². The van der Waals surface area contributed by atoms with E-state index in [9.17, 15) is 9.90 Å². The second-order valence-corrected chi connectivity index (χ2v) is 7.04. The molecular weight excluding hydrogens is 456 g/mol. The van der Waals surface area contributed by atoms with Crippen molar-refractivity contribution in [3.05, 3.63) is 46.4 Å². The first kappa shape index (κ1) is 21.3. The molecule has 0 saturated heterocycles. The fourth-order valence-corrected chi connectivity index (χ4v) is 3.03. The highest BCUT2D eigenvalue weighted by Gasteiger charge is 2.12. The minimum absolute atomic E-state index is 0.171. The van der Waals surface area contributed by atoms with E-state index in [4.69, 9.17) is 14.3 Å². The summed E-state index contributed by atoms with van der Waals surface area (Å²) < 4.78 is 11.3. The summed E-state index contributed by atoms with van der Waals surface area (Å²) in [5.74, 6) is 0.322. The number of carbonyl (C=O) groups excluding carboxylic acids is 1. The zero-order valence-electron chi connectivity index (χ0n) is 16.5. The summed E-state index contributed by atoms with van der Waals surface area (Å²) in [5.41, 5.74) is 2.13. The third kappa shape index (κ3) is 4.77. The quantitative estimate of drug-likeness (QED) is 0.292. The molecule has 9 nitrogen and oxygen atoms in total. The molecule has 0 unspecified atom stereocenters. The highest BCUT2D eigenvalue weighted by Crippen LogP contribution is 2.36. The molecule has 0 aliphatic carbocycles. The van der Waals surface area contributed by atoms with E-state index in [1.807, 2.05) is 6.07 Å². The number of aromatic hydroxyl groups is 1. The van der Waals surface area contributed by atoms with Crippen LogP contribution in [-0.2, 0) is 9.63 Å². The van der Waals surface area contributed by atoms with Gasteiger partial charge in [-0.2, -0.15) is 0 Å². The number of rotatable bonds is 7. The van der Waals surface area contributed by atoms with E-state index in [0.717, 1.165) is 10.0 Å². The molecule has 156 valence electrons. The average molecular weight is 475 g/mol. The molecule has 2 aromatic carbocycles. The standard InChI is InChI=1S/C20H19BrN4O5/c1-11(12-4-7-16(28-2)17(8-12)29-3)25-30-10-18(26)23-24-19-14-9-13(21)5-6-15(14)22-20(19)27/h4-9,22,27H,10H2,1-3H3/b24-23?,25-11-. The van der Waals surface area contributed by atoms with Crippen molar-refractivity contribution in [1.82, 2.24) is 4.98 Å². The lowest BCUT2D eigenvalue weighted by Gasteiger charge is -2.09. The van der Waals surface area contributed by atoms with Crippen LogP contribution in [0.1, 0.15) is 12.5 Å². The number of H-pyrrole nitrogens is 1. The normalized spacial score (nSPS) is 11.8. The second-order valence-electron chi connectivity index (χ2n) is 6.13. The topological polar surface area (TPSA) is 118 Å². The molecule has 3 aromatic rings. The maximum absolute atomic E-state index is 12.0. The predicted molar refractivity (Wildman–Crippen MR) is 115 cm³/mol. The number of azo groups is 1. The van der Waals surface area contributed by atoms with Gasteiger partial charge in [0.25, 0.3) is 0 Å². The lowest BCUT2D eigenvalue weighted by atomic mass is 10.1. The Morgan fingerprint density at radius 2 is 1.90 bits per heavy atom. The van der Waals surface area contributed by atoms with E-state index in [1.165, 1.54) is 0 Å². The number of fused-ring (bicyclic) bond motifs is 1. The molecule has 0 spiro atoms. The van der Waals surface area contributed by atoms with Gasteiger partial charge in [-0.3, -0.25) is 4.79 Å². The number of halogens is 1. The van der Waals surface area contributed by atoms with Gasteiger partial charge in [-0.15, -0.1) is 10.2 Å². The van der Waals surface area contributed by atoms with Crippen LogP contribution in [0, 0.1) is 0 Å². The van der Waals surface area contributed by atoms with Crippen molar-refractivity contribution in [1.29, 1.82) is 0 Å². The van der Waals surface area contributed by atoms with Gasteiger partial charge in [0.1, 0.15) is 0 Å². The summed E-state index contributed by atoms with van der Waals surface area (Å²) in [6, 6.07) is 10.6. The molecule has 0 atom stereocenters. The van der Waals surface area contributed by atoms with E-state index >= 15 is 0 Å². The summed E-state index contributed by atoms with van der Waals surface area (Å²) in [7, 11) is 3.09. The second kappa shape index (κ2) is 9.40. The molecule has 2 N–H and O–H groups in total. The van der Waals surface area contributed by atoms with Crippen molar-refractivity contribution in [3.8, 4) is 17.4 Å². The molecule has 30 heavy (non-hydrogen) atoms. The van der Waals surface area contributed by atoms with Crippen LogP contribution in [0.15, 0.2) is 56.3 Å². The number of methoxy groups -OCH3 is 2. The van der Waals surface area contributed by atoms with Crippen LogP contribution in [-0.4, -0.2) is 42.5 Å². The summed E-state index contributed by atoms with van der Waals surface area (Å²) in [6.45, 7) is 1.33. The molecule has 0 bridgehead atoms. The first-order chi connectivity index (χ1) is 14.4. The zero-order valence-corrected chi connectivity index (χ0v) is 18.1. The molecule has 1 amide bonds. The number of hydrogen-bond donors (Lipinski definition) is 2. The minimum Gasteiger partial charge on any atom is -0.493 e. The highest BCUT2D eigenvalue weighted by molar-refractivity contribution is 9.10. The van der Waals surface area contributed by atoms with Gasteiger partial charge in [-0.05, 0) is 43.3 Å². The van der Waals surface area contributed by atoms with Crippen LogP contribution < -0.4 is 9.47 Å². The molecular formula is C20H19BrN4O5. The highest BCUT2D eigenvalue weighted by atomic mass is 79.9. The Morgan fingerprint density at radius 3 is 2.63 bits per heavy atom.